The van der Waals surface area contributed by atoms with Gasteiger partial charge in [0.1, 0.15) is 17.1 Å². The Kier molecular flexibility index (Phi) is 4.45. The van der Waals surface area contributed by atoms with E-state index in [4.69, 9.17) is 9.47 Å². The van der Waals surface area contributed by atoms with E-state index in [-0.39, 0.29) is 28.0 Å². The van der Waals surface area contributed by atoms with Crippen LogP contribution < -0.4 is 0 Å². The number of carbonyl (C=O) groups is 2. The number of halogens is 1. The zero-order valence-electron chi connectivity index (χ0n) is 16.8. The van der Waals surface area contributed by atoms with Crippen molar-refractivity contribution in [2.45, 2.75) is 32.0 Å². The number of benzene rings is 2. The molecule has 2 aliphatic rings. The Morgan fingerprint density at radius 3 is 2.50 bits per heavy atom. The van der Waals surface area contributed by atoms with Crippen LogP contribution in [0.5, 0.6) is 11.5 Å². The Hall–Kier alpha value is -2.58. The highest BCUT2D eigenvalue weighted by Gasteiger charge is 2.69. The second kappa shape index (κ2) is 6.46. The topological polar surface area (TPSA) is 113 Å². The SMILES string of the molecule is COC1=CC(=O)OC12c1cc3c(Br)ccc(O)c3c(O)c1C(=O)C(C)C2(O)C(C)C. The predicted molar refractivity (Wildman–Crippen MR) is 111 cm³/mol. The third-order valence-electron chi connectivity index (χ3n) is 6.39. The molecule has 1 spiro atoms. The van der Waals surface area contributed by atoms with Gasteiger partial charge in [0.25, 0.3) is 0 Å². The normalized spacial score (nSPS) is 28.1. The zero-order valence-corrected chi connectivity index (χ0v) is 18.4. The lowest BCUT2D eigenvalue weighted by molar-refractivity contribution is -0.213. The van der Waals surface area contributed by atoms with Crippen molar-refractivity contribution in [3.63, 3.8) is 0 Å². The molecule has 0 saturated heterocycles. The smallest absolute Gasteiger partial charge is 0.335 e. The molecule has 3 atom stereocenters. The number of carbonyl (C=O) groups excluding carboxylic acids is 2. The predicted octanol–water partition coefficient (Wildman–Crippen LogP) is 3.52. The summed E-state index contributed by atoms with van der Waals surface area (Å²) in [5.74, 6) is -3.44. The molecule has 0 fully saturated rings. The number of Topliss-reactive ketones (excluding diaryl/α,β-unsaturated/α-hetero) is 1. The number of fused-ring (bicyclic) bond motifs is 3. The Morgan fingerprint density at radius 1 is 1.23 bits per heavy atom. The molecule has 1 aliphatic carbocycles. The van der Waals surface area contributed by atoms with Crippen LogP contribution >= 0.6 is 15.9 Å². The molecule has 0 amide bonds. The van der Waals surface area contributed by atoms with E-state index < -0.39 is 40.5 Å². The van der Waals surface area contributed by atoms with Crippen molar-refractivity contribution in [2.75, 3.05) is 7.11 Å². The molecule has 1 heterocycles. The van der Waals surface area contributed by atoms with Crippen LogP contribution in [0.15, 0.2) is 34.5 Å². The van der Waals surface area contributed by atoms with Crippen LogP contribution in [0, 0.1) is 11.8 Å². The van der Waals surface area contributed by atoms with E-state index in [9.17, 15) is 24.9 Å². The molecule has 3 N–H and O–H groups in total. The van der Waals surface area contributed by atoms with Crippen LogP contribution in [0.25, 0.3) is 10.8 Å². The second-order valence-electron chi connectivity index (χ2n) is 8.02. The molecule has 30 heavy (non-hydrogen) atoms. The Labute approximate surface area is 181 Å². The maximum Gasteiger partial charge on any atom is 0.335 e. The fraction of sp³-hybridized carbons (Fsp3) is 0.364. The summed E-state index contributed by atoms with van der Waals surface area (Å²) >= 11 is 3.40. The minimum atomic E-state index is -1.85. The van der Waals surface area contributed by atoms with Crippen molar-refractivity contribution < 1.29 is 34.4 Å². The molecule has 2 aromatic rings. The summed E-state index contributed by atoms with van der Waals surface area (Å²) in [4.78, 5) is 25.8. The number of phenolic OH excluding ortho intramolecular Hbond substituents is 2. The van der Waals surface area contributed by atoms with Gasteiger partial charge < -0.3 is 24.8 Å². The van der Waals surface area contributed by atoms with Gasteiger partial charge in [0.05, 0.1) is 30.1 Å². The lowest BCUT2D eigenvalue weighted by Gasteiger charge is -2.52. The molecule has 4 rings (SSSR count). The van der Waals surface area contributed by atoms with Gasteiger partial charge in [-0.2, -0.15) is 0 Å². The summed E-state index contributed by atoms with van der Waals surface area (Å²) in [6.07, 6.45) is 1.14. The largest absolute Gasteiger partial charge is 0.507 e. The van der Waals surface area contributed by atoms with Gasteiger partial charge in [-0.3, -0.25) is 4.79 Å². The van der Waals surface area contributed by atoms with Gasteiger partial charge in [-0.25, -0.2) is 4.79 Å². The molecule has 0 radical (unpaired) electrons. The van der Waals surface area contributed by atoms with E-state index in [0.29, 0.717) is 9.86 Å². The standard InChI is InChI=1S/C22H21BrO7/c1-9(2)21(28)10(3)19(26)18-12(22(21)15(29-4)8-16(25)30-22)7-11-13(23)5-6-14(24)17(11)20(18)27/h5-10,24,27-28H,1-4H3. The summed E-state index contributed by atoms with van der Waals surface area (Å²) in [7, 11) is 1.35. The molecule has 7 nitrogen and oxygen atoms in total. The van der Waals surface area contributed by atoms with E-state index in [1.54, 1.807) is 19.9 Å². The number of hydrogen-bond donors (Lipinski definition) is 3. The lowest BCUT2D eigenvalue weighted by atomic mass is 9.57. The monoisotopic (exact) mass is 476 g/mol. The molecular formula is C22H21BrO7. The van der Waals surface area contributed by atoms with E-state index in [2.05, 4.69) is 15.9 Å². The molecule has 158 valence electrons. The van der Waals surface area contributed by atoms with Crippen molar-refractivity contribution in [1.29, 1.82) is 0 Å². The van der Waals surface area contributed by atoms with Crippen molar-refractivity contribution >= 4 is 38.5 Å². The number of rotatable bonds is 2. The number of aromatic hydroxyl groups is 2. The summed E-state index contributed by atoms with van der Waals surface area (Å²) < 4.78 is 11.7. The van der Waals surface area contributed by atoms with Crippen LogP contribution in [-0.4, -0.2) is 39.8 Å². The van der Waals surface area contributed by atoms with Crippen LogP contribution in [0.1, 0.15) is 36.7 Å². The summed E-state index contributed by atoms with van der Waals surface area (Å²) in [5, 5.41) is 33.8. The van der Waals surface area contributed by atoms with E-state index in [0.717, 1.165) is 6.08 Å². The molecule has 0 saturated carbocycles. The van der Waals surface area contributed by atoms with Crippen LogP contribution in [-0.2, 0) is 19.9 Å². The fourth-order valence-electron chi connectivity index (χ4n) is 4.92. The quantitative estimate of drug-likeness (QED) is 0.568. The zero-order chi connectivity index (χ0) is 22.2. The Bertz CT molecular complexity index is 1150. The highest BCUT2D eigenvalue weighted by Crippen LogP contribution is 2.60. The summed E-state index contributed by atoms with van der Waals surface area (Å²) in [6.45, 7) is 4.97. The minimum Gasteiger partial charge on any atom is -0.507 e. The van der Waals surface area contributed by atoms with Gasteiger partial charge in [0.2, 0.25) is 5.60 Å². The molecule has 8 heteroatoms. The average molecular weight is 477 g/mol. The molecule has 1 aliphatic heterocycles. The second-order valence-corrected chi connectivity index (χ2v) is 8.87. The Balaban J connectivity index is 2.25. The van der Waals surface area contributed by atoms with E-state index in [1.807, 2.05) is 0 Å². The number of ketones is 1. The number of ether oxygens (including phenoxy) is 2. The number of hydrogen-bond acceptors (Lipinski definition) is 7. The number of phenols is 2. The van der Waals surface area contributed by atoms with Gasteiger partial charge >= 0.3 is 5.97 Å². The first-order chi connectivity index (χ1) is 14.0. The van der Waals surface area contributed by atoms with Gasteiger partial charge in [-0.05, 0) is 24.1 Å². The maximum atomic E-state index is 13.4. The van der Waals surface area contributed by atoms with Crippen molar-refractivity contribution in [2.24, 2.45) is 11.8 Å². The maximum absolute atomic E-state index is 13.4. The van der Waals surface area contributed by atoms with Crippen LogP contribution in [0.4, 0.5) is 0 Å². The van der Waals surface area contributed by atoms with Crippen LogP contribution in [0.3, 0.4) is 0 Å². The number of methoxy groups -OCH3 is 1. The Morgan fingerprint density at radius 2 is 1.90 bits per heavy atom. The molecule has 3 unspecified atom stereocenters. The third kappa shape index (κ3) is 2.23. The highest BCUT2D eigenvalue weighted by atomic mass is 79.9. The van der Waals surface area contributed by atoms with Crippen molar-refractivity contribution in [1.82, 2.24) is 0 Å². The van der Waals surface area contributed by atoms with E-state index >= 15 is 0 Å². The third-order valence-corrected chi connectivity index (χ3v) is 7.09. The van der Waals surface area contributed by atoms with E-state index in [1.165, 1.54) is 26.2 Å². The molecule has 0 aromatic heterocycles. The number of esters is 1. The highest BCUT2D eigenvalue weighted by molar-refractivity contribution is 9.10. The van der Waals surface area contributed by atoms with Gasteiger partial charge in [0, 0.05) is 15.4 Å². The molecule has 2 aromatic carbocycles. The minimum absolute atomic E-state index is 0.0410. The lowest BCUT2D eigenvalue weighted by Crippen LogP contribution is -2.65. The first-order valence-corrected chi connectivity index (χ1v) is 10.2. The number of aliphatic hydroxyl groups is 1. The fourth-order valence-corrected chi connectivity index (χ4v) is 5.37. The molecular weight excluding hydrogens is 456 g/mol. The first-order valence-electron chi connectivity index (χ1n) is 9.45. The van der Waals surface area contributed by atoms with Crippen molar-refractivity contribution in [3.05, 3.63) is 45.6 Å². The first kappa shape index (κ1) is 20.7. The van der Waals surface area contributed by atoms with Crippen LogP contribution in [0.2, 0.25) is 0 Å². The summed E-state index contributed by atoms with van der Waals surface area (Å²) in [6, 6.07) is 4.52. The van der Waals surface area contributed by atoms with Crippen molar-refractivity contribution in [3.8, 4) is 11.5 Å². The summed E-state index contributed by atoms with van der Waals surface area (Å²) in [5.41, 5.74) is -3.70. The van der Waals surface area contributed by atoms with Gasteiger partial charge in [0.15, 0.2) is 11.5 Å². The average Bonchev–Trinajstić information content (AvgIpc) is 3.04. The molecule has 0 bridgehead atoms. The van der Waals surface area contributed by atoms with Gasteiger partial charge in [-0.15, -0.1) is 0 Å². The van der Waals surface area contributed by atoms with Gasteiger partial charge in [-0.1, -0.05) is 36.7 Å².